The molecule has 78 valence electrons. The third-order valence-electron chi connectivity index (χ3n) is 1.55. The molecule has 0 aliphatic carbocycles. The molecule has 0 aromatic rings. The summed E-state index contributed by atoms with van der Waals surface area (Å²) in [6.07, 6.45) is -0.489. The van der Waals surface area contributed by atoms with E-state index >= 15 is 0 Å². The lowest BCUT2D eigenvalue weighted by molar-refractivity contribution is -0.118. The lowest BCUT2D eigenvalue weighted by atomic mass is 10.2. The predicted octanol–water partition coefficient (Wildman–Crippen LogP) is 0.102. The number of nitrogens with one attached hydrogen (secondary N) is 2. The van der Waals surface area contributed by atoms with Crippen LogP contribution in [0.2, 0.25) is 0 Å². The van der Waals surface area contributed by atoms with E-state index in [4.69, 9.17) is 0 Å². The minimum Gasteiger partial charge on any atom is -0.378 e. The van der Waals surface area contributed by atoms with E-state index < -0.39 is 6.23 Å². The van der Waals surface area contributed by atoms with E-state index in [1.54, 1.807) is 0 Å². The van der Waals surface area contributed by atoms with Crippen LogP contribution in [0.15, 0.2) is 0 Å². The monoisotopic (exact) mass is 300 g/mol. The first-order valence-electron chi connectivity index (χ1n) is 4.32. The van der Waals surface area contributed by atoms with E-state index in [1.807, 2.05) is 36.4 Å². The number of hydrogen-bond acceptors (Lipinski definition) is 3. The van der Waals surface area contributed by atoms with Crippen molar-refractivity contribution in [3.63, 3.8) is 0 Å². The summed E-state index contributed by atoms with van der Waals surface area (Å²) in [5.74, 6) is 0.224. The quantitative estimate of drug-likeness (QED) is 0.282. The summed E-state index contributed by atoms with van der Waals surface area (Å²) < 4.78 is 0.477. The average molecular weight is 300 g/mol. The summed E-state index contributed by atoms with van der Waals surface area (Å²) in [4.78, 5) is 10.8. The van der Waals surface area contributed by atoms with Gasteiger partial charge in [0, 0.05) is 13.1 Å². The number of alkyl halides is 1. The molecule has 1 amide bonds. The standard InChI is InChI=1S/C8H17IN2O2/c1-6(2)8(13)11-4-3-10-7(12)5-9/h6,8,11,13H,3-5H2,1-2H3,(H,10,12). The van der Waals surface area contributed by atoms with Gasteiger partial charge in [-0.15, -0.1) is 0 Å². The van der Waals surface area contributed by atoms with Crippen LogP contribution in [0, 0.1) is 5.92 Å². The van der Waals surface area contributed by atoms with E-state index in [2.05, 4.69) is 10.6 Å². The van der Waals surface area contributed by atoms with Crippen LogP contribution >= 0.6 is 22.6 Å². The highest BCUT2D eigenvalue weighted by atomic mass is 127. The number of aliphatic hydroxyl groups excluding tert-OH is 1. The molecule has 0 bridgehead atoms. The Balaban J connectivity index is 3.30. The van der Waals surface area contributed by atoms with Crippen LogP contribution in [0.1, 0.15) is 13.8 Å². The molecule has 0 rings (SSSR count). The van der Waals surface area contributed by atoms with Gasteiger partial charge in [-0.05, 0) is 5.92 Å². The number of aliphatic hydroxyl groups is 1. The topological polar surface area (TPSA) is 61.4 Å². The van der Waals surface area contributed by atoms with E-state index in [9.17, 15) is 9.90 Å². The smallest absolute Gasteiger partial charge is 0.229 e. The molecule has 0 saturated heterocycles. The van der Waals surface area contributed by atoms with Crippen molar-refractivity contribution in [2.75, 3.05) is 17.5 Å². The zero-order chi connectivity index (χ0) is 10.3. The van der Waals surface area contributed by atoms with Crippen LogP contribution < -0.4 is 10.6 Å². The van der Waals surface area contributed by atoms with Crippen molar-refractivity contribution in [3.8, 4) is 0 Å². The normalized spacial score (nSPS) is 13.0. The molecule has 1 unspecified atom stereocenters. The average Bonchev–Trinajstić information content (AvgIpc) is 2.11. The van der Waals surface area contributed by atoms with Gasteiger partial charge in [0.15, 0.2) is 0 Å². The van der Waals surface area contributed by atoms with E-state index in [0.717, 1.165) is 0 Å². The number of amides is 1. The van der Waals surface area contributed by atoms with Crippen molar-refractivity contribution in [2.24, 2.45) is 5.92 Å². The van der Waals surface area contributed by atoms with Gasteiger partial charge in [-0.3, -0.25) is 10.1 Å². The number of halogens is 1. The van der Waals surface area contributed by atoms with Crippen LogP contribution in [0.5, 0.6) is 0 Å². The maximum Gasteiger partial charge on any atom is 0.229 e. The Morgan fingerprint density at radius 1 is 1.46 bits per heavy atom. The minimum atomic E-state index is -0.489. The Morgan fingerprint density at radius 2 is 2.08 bits per heavy atom. The summed E-state index contributed by atoms with van der Waals surface area (Å²) in [5, 5.41) is 14.9. The zero-order valence-corrected chi connectivity index (χ0v) is 10.2. The maximum atomic E-state index is 10.8. The summed E-state index contributed by atoms with van der Waals surface area (Å²) in [5.41, 5.74) is 0. The Labute approximate surface area is 92.6 Å². The first kappa shape index (κ1) is 13.1. The van der Waals surface area contributed by atoms with E-state index in [0.29, 0.717) is 17.5 Å². The Hall–Kier alpha value is 0.120. The molecule has 0 spiro atoms. The highest BCUT2D eigenvalue weighted by molar-refractivity contribution is 14.1. The highest BCUT2D eigenvalue weighted by Gasteiger charge is 2.06. The van der Waals surface area contributed by atoms with Crippen molar-refractivity contribution in [1.29, 1.82) is 0 Å². The lowest BCUT2D eigenvalue weighted by Crippen LogP contribution is -2.39. The zero-order valence-electron chi connectivity index (χ0n) is 8.01. The Bertz CT molecular complexity index is 153. The second kappa shape index (κ2) is 7.52. The Kier molecular flexibility index (Phi) is 7.59. The van der Waals surface area contributed by atoms with Crippen LogP contribution in [0.4, 0.5) is 0 Å². The molecule has 0 aliphatic rings. The SMILES string of the molecule is CC(C)C(O)NCCNC(=O)CI. The fourth-order valence-electron chi connectivity index (χ4n) is 0.705. The van der Waals surface area contributed by atoms with Gasteiger partial charge >= 0.3 is 0 Å². The molecule has 0 saturated carbocycles. The number of rotatable bonds is 6. The molecule has 0 aromatic heterocycles. The molecule has 0 fully saturated rings. The van der Waals surface area contributed by atoms with Gasteiger partial charge in [0.2, 0.25) is 5.91 Å². The molecule has 3 N–H and O–H groups in total. The predicted molar refractivity (Wildman–Crippen MR) is 60.7 cm³/mol. The van der Waals surface area contributed by atoms with Crippen LogP contribution in [-0.4, -0.2) is 34.8 Å². The number of carbonyl (C=O) groups excluding carboxylic acids is 1. The molecule has 0 aromatic carbocycles. The second-order valence-corrected chi connectivity index (χ2v) is 3.89. The van der Waals surface area contributed by atoms with Gasteiger partial charge in [-0.25, -0.2) is 0 Å². The van der Waals surface area contributed by atoms with Crippen LogP contribution in [-0.2, 0) is 4.79 Å². The first-order valence-corrected chi connectivity index (χ1v) is 5.84. The van der Waals surface area contributed by atoms with Crippen molar-refractivity contribution in [1.82, 2.24) is 10.6 Å². The molecule has 4 nitrogen and oxygen atoms in total. The van der Waals surface area contributed by atoms with Crippen molar-refractivity contribution >= 4 is 28.5 Å². The van der Waals surface area contributed by atoms with Crippen LogP contribution in [0.25, 0.3) is 0 Å². The van der Waals surface area contributed by atoms with Crippen LogP contribution in [0.3, 0.4) is 0 Å². The molecule has 0 heterocycles. The first-order chi connectivity index (χ1) is 6.07. The van der Waals surface area contributed by atoms with Gasteiger partial charge in [-0.1, -0.05) is 36.4 Å². The van der Waals surface area contributed by atoms with Gasteiger partial charge in [0.25, 0.3) is 0 Å². The minimum absolute atomic E-state index is 0.0291. The van der Waals surface area contributed by atoms with Crippen molar-refractivity contribution in [3.05, 3.63) is 0 Å². The summed E-state index contributed by atoms with van der Waals surface area (Å²) in [7, 11) is 0. The maximum absolute atomic E-state index is 10.8. The third kappa shape index (κ3) is 7.21. The summed E-state index contributed by atoms with van der Waals surface area (Å²) >= 11 is 2.01. The van der Waals surface area contributed by atoms with Gasteiger partial charge < -0.3 is 10.4 Å². The number of carbonyl (C=O) groups is 1. The van der Waals surface area contributed by atoms with Gasteiger partial charge in [-0.2, -0.15) is 0 Å². The fourth-order valence-corrected chi connectivity index (χ4v) is 0.975. The molecule has 0 aliphatic heterocycles. The summed E-state index contributed by atoms with van der Waals surface area (Å²) in [6.45, 7) is 5.02. The fraction of sp³-hybridized carbons (Fsp3) is 0.875. The Morgan fingerprint density at radius 3 is 2.54 bits per heavy atom. The molecular weight excluding hydrogens is 283 g/mol. The molecule has 5 heteroatoms. The van der Waals surface area contributed by atoms with Crippen molar-refractivity contribution in [2.45, 2.75) is 20.1 Å². The third-order valence-corrected chi connectivity index (χ3v) is 2.25. The largest absolute Gasteiger partial charge is 0.378 e. The van der Waals surface area contributed by atoms with Crippen molar-refractivity contribution < 1.29 is 9.90 Å². The van der Waals surface area contributed by atoms with E-state index in [1.165, 1.54) is 0 Å². The van der Waals surface area contributed by atoms with Gasteiger partial charge in [0.1, 0.15) is 6.23 Å². The molecule has 1 atom stereocenters. The molecular formula is C8H17IN2O2. The molecule has 13 heavy (non-hydrogen) atoms. The molecule has 0 radical (unpaired) electrons. The van der Waals surface area contributed by atoms with Gasteiger partial charge in [0.05, 0.1) is 4.43 Å². The second-order valence-electron chi connectivity index (χ2n) is 3.13. The lowest BCUT2D eigenvalue weighted by Gasteiger charge is -2.15. The summed E-state index contributed by atoms with van der Waals surface area (Å²) in [6, 6.07) is 0. The van der Waals surface area contributed by atoms with E-state index in [-0.39, 0.29) is 11.8 Å². The number of hydrogen-bond donors (Lipinski definition) is 3. The highest BCUT2D eigenvalue weighted by Crippen LogP contribution is 1.95.